The summed E-state index contributed by atoms with van der Waals surface area (Å²) in [5.74, 6) is -1.22. The third-order valence-electron chi connectivity index (χ3n) is 4.53. The zero-order chi connectivity index (χ0) is 15.7. The van der Waals surface area contributed by atoms with Gasteiger partial charge in [0, 0.05) is 25.2 Å². The lowest BCUT2D eigenvalue weighted by Crippen LogP contribution is -2.46. The van der Waals surface area contributed by atoms with Crippen LogP contribution in [-0.2, 0) is 10.0 Å². The van der Waals surface area contributed by atoms with Gasteiger partial charge in [-0.1, -0.05) is 6.42 Å². The number of halogens is 3. The second-order valence-electron chi connectivity index (χ2n) is 6.18. The number of hydrogen-bond acceptors (Lipinski definition) is 3. The predicted octanol–water partition coefficient (Wildman–Crippen LogP) is 2.12. The minimum Gasteiger partial charge on any atom is -0.312 e. The third-order valence-corrected chi connectivity index (χ3v) is 5.86. The van der Waals surface area contributed by atoms with Crippen molar-refractivity contribution < 1.29 is 21.6 Å². The van der Waals surface area contributed by atoms with Crippen LogP contribution in [0.2, 0.25) is 0 Å². The normalized spacial score (nSPS) is 32.5. The maximum atomic E-state index is 12.8. The van der Waals surface area contributed by atoms with E-state index in [4.69, 9.17) is 0 Å². The van der Waals surface area contributed by atoms with Crippen LogP contribution in [0.3, 0.4) is 0 Å². The lowest BCUT2D eigenvalue weighted by Gasteiger charge is -2.32. The van der Waals surface area contributed by atoms with E-state index < -0.39 is 22.1 Å². The van der Waals surface area contributed by atoms with Crippen LogP contribution in [0.5, 0.6) is 0 Å². The molecule has 0 aromatic rings. The Morgan fingerprint density at radius 3 is 2.52 bits per heavy atom. The Morgan fingerprint density at radius 1 is 1.19 bits per heavy atom. The van der Waals surface area contributed by atoms with Gasteiger partial charge in [-0.15, -0.1) is 0 Å². The number of nitrogens with zero attached hydrogens (tertiary/aromatic N) is 1. The Balaban J connectivity index is 1.85. The van der Waals surface area contributed by atoms with Crippen molar-refractivity contribution in [2.45, 2.75) is 56.8 Å². The molecule has 0 amide bonds. The molecular formula is C13H23F3N2O2S. The summed E-state index contributed by atoms with van der Waals surface area (Å²) < 4.78 is 63.0. The summed E-state index contributed by atoms with van der Waals surface area (Å²) in [7, 11) is -3.23. The smallest absolute Gasteiger partial charge is 0.312 e. The maximum absolute atomic E-state index is 12.8. The van der Waals surface area contributed by atoms with Gasteiger partial charge in [0.25, 0.3) is 0 Å². The molecular weight excluding hydrogens is 305 g/mol. The van der Waals surface area contributed by atoms with E-state index in [0.717, 1.165) is 19.3 Å². The number of sulfonamides is 1. The Labute approximate surface area is 124 Å². The molecule has 2 aliphatic rings. The summed E-state index contributed by atoms with van der Waals surface area (Å²) in [5.41, 5.74) is 0. The lowest BCUT2D eigenvalue weighted by atomic mass is 9.85. The summed E-state index contributed by atoms with van der Waals surface area (Å²) in [6.45, 7) is 0.962. The van der Waals surface area contributed by atoms with Crippen molar-refractivity contribution >= 4 is 10.0 Å². The zero-order valence-corrected chi connectivity index (χ0v) is 13.0. The van der Waals surface area contributed by atoms with E-state index in [1.807, 2.05) is 0 Å². The topological polar surface area (TPSA) is 49.4 Å². The van der Waals surface area contributed by atoms with Crippen molar-refractivity contribution in [2.24, 2.45) is 5.92 Å². The van der Waals surface area contributed by atoms with Gasteiger partial charge in [-0.25, -0.2) is 8.42 Å². The van der Waals surface area contributed by atoms with Crippen LogP contribution in [-0.4, -0.2) is 50.3 Å². The van der Waals surface area contributed by atoms with E-state index in [2.05, 4.69) is 5.32 Å². The molecule has 0 aromatic heterocycles. The fourth-order valence-electron chi connectivity index (χ4n) is 3.42. The molecule has 3 atom stereocenters. The number of alkyl halides is 3. The zero-order valence-electron chi connectivity index (χ0n) is 12.2. The highest BCUT2D eigenvalue weighted by Gasteiger charge is 2.42. The van der Waals surface area contributed by atoms with Crippen LogP contribution in [0.1, 0.15) is 38.5 Å². The Morgan fingerprint density at radius 2 is 1.90 bits per heavy atom. The summed E-state index contributed by atoms with van der Waals surface area (Å²) in [6, 6.07) is -0.279. The molecule has 8 heteroatoms. The largest absolute Gasteiger partial charge is 0.391 e. The fourth-order valence-corrected chi connectivity index (χ4v) is 4.61. The summed E-state index contributed by atoms with van der Waals surface area (Å²) in [5, 5.41) is 3.16. The van der Waals surface area contributed by atoms with Gasteiger partial charge in [0.05, 0.1) is 12.2 Å². The van der Waals surface area contributed by atoms with Crippen molar-refractivity contribution in [1.82, 2.24) is 9.62 Å². The molecule has 1 heterocycles. The van der Waals surface area contributed by atoms with Crippen molar-refractivity contribution in [1.29, 1.82) is 0 Å². The molecule has 4 nitrogen and oxygen atoms in total. The molecule has 0 spiro atoms. The monoisotopic (exact) mass is 328 g/mol. The minimum atomic E-state index is -4.12. The van der Waals surface area contributed by atoms with Gasteiger partial charge in [-0.3, -0.25) is 0 Å². The van der Waals surface area contributed by atoms with Crippen molar-refractivity contribution in [2.75, 3.05) is 19.3 Å². The van der Waals surface area contributed by atoms with E-state index in [0.29, 0.717) is 19.5 Å². The molecule has 2 fully saturated rings. The van der Waals surface area contributed by atoms with Gasteiger partial charge in [0.2, 0.25) is 10.0 Å². The van der Waals surface area contributed by atoms with E-state index in [1.54, 1.807) is 0 Å². The van der Waals surface area contributed by atoms with E-state index in [-0.39, 0.29) is 24.9 Å². The quantitative estimate of drug-likeness (QED) is 0.860. The Bertz CT molecular complexity index is 453. The summed E-state index contributed by atoms with van der Waals surface area (Å²) >= 11 is 0. The van der Waals surface area contributed by atoms with Crippen molar-refractivity contribution in [3.8, 4) is 0 Å². The van der Waals surface area contributed by atoms with Gasteiger partial charge in [-0.2, -0.15) is 17.5 Å². The predicted molar refractivity (Wildman–Crippen MR) is 74.4 cm³/mol. The fraction of sp³-hybridized carbons (Fsp3) is 1.00. The molecule has 0 bridgehead atoms. The van der Waals surface area contributed by atoms with Crippen molar-refractivity contribution in [3.05, 3.63) is 0 Å². The van der Waals surface area contributed by atoms with Crippen molar-refractivity contribution in [3.63, 3.8) is 0 Å². The minimum absolute atomic E-state index is 0.106. The first-order chi connectivity index (χ1) is 9.68. The van der Waals surface area contributed by atoms with Crippen LogP contribution >= 0.6 is 0 Å². The Hall–Kier alpha value is -0.340. The molecule has 2 unspecified atom stereocenters. The van der Waals surface area contributed by atoms with Crippen LogP contribution < -0.4 is 5.32 Å². The molecule has 1 aliphatic carbocycles. The highest BCUT2D eigenvalue weighted by atomic mass is 32.2. The van der Waals surface area contributed by atoms with Gasteiger partial charge in [0.1, 0.15) is 0 Å². The highest BCUT2D eigenvalue weighted by Crippen LogP contribution is 2.37. The standard InChI is InChI=1S/C13H23F3N2O2S/c1-21(19,20)18-7-3-6-12(18)9-17-11-5-2-4-10(8-11)13(14,15)16/h10-12,17H,2-9H2,1H3/t10?,11?,12-/m1/s1. The molecule has 0 radical (unpaired) electrons. The first-order valence-electron chi connectivity index (χ1n) is 7.45. The number of rotatable bonds is 4. The lowest BCUT2D eigenvalue weighted by molar-refractivity contribution is -0.183. The van der Waals surface area contributed by atoms with Crippen LogP contribution in [0, 0.1) is 5.92 Å². The second-order valence-corrected chi connectivity index (χ2v) is 8.12. The SMILES string of the molecule is CS(=O)(=O)N1CCC[C@@H]1CNC1CCCC(C(F)(F)F)C1. The molecule has 1 saturated heterocycles. The summed E-state index contributed by atoms with van der Waals surface area (Å²) in [6.07, 6.45) is 0.277. The van der Waals surface area contributed by atoms with Gasteiger partial charge in [-0.05, 0) is 32.1 Å². The first kappa shape index (κ1) is 17.0. The van der Waals surface area contributed by atoms with Gasteiger partial charge in [0.15, 0.2) is 0 Å². The molecule has 21 heavy (non-hydrogen) atoms. The number of hydrogen-bond donors (Lipinski definition) is 1. The first-order valence-corrected chi connectivity index (χ1v) is 9.29. The van der Waals surface area contributed by atoms with Gasteiger partial charge < -0.3 is 5.32 Å². The van der Waals surface area contributed by atoms with Crippen LogP contribution in [0.4, 0.5) is 13.2 Å². The van der Waals surface area contributed by atoms with Crippen LogP contribution in [0.15, 0.2) is 0 Å². The highest BCUT2D eigenvalue weighted by molar-refractivity contribution is 7.88. The molecule has 0 aromatic carbocycles. The maximum Gasteiger partial charge on any atom is 0.391 e. The molecule has 2 rings (SSSR count). The van der Waals surface area contributed by atoms with Gasteiger partial charge >= 0.3 is 6.18 Å². The molecule has 1 aliphatic heterocycles. The second kappa shape index (κ2) is 6.42. The molecule has 1 saturated carbocycles. The third kappa shape index (κ3) is 4.56. The molecule has 124 valence electrons. The average molecular weight is 328 g/mol. The van der Waals surface area contributed by atoms with E-state index in [9.17, 15) is 21.6 Å². The summed E-state index contributed by atoms with van der Waals surface area (Å²) in [4.78, 5) is 0. The van der Waals surface area contributed by atoms with E-state index >= 15 is 0 Å². The Kier molecular flexibility index (Phi) is 5.20. The average Bonchev–Trinajstić information content (AvgIpc) is 2.84. The molecule has 1 N–H and O–H groups in total. The van der Waals surface area contributed by atoms with Crippen LogP contribution in [0.25, 0.3) is 0 Å². The van der Waals surface area contributed by atoms with E-state index in [1.165, 1.54) is 10.6 Å². The number of nitrogens with one attached hydrogen (secondary N) is 1.